The third-order valence-corrected chi connectivity index (χ3v) is 5.98. The van der Waals surface area contributed by atoms with Gasteiger partial charge >= 0.3 is 0 Å². The van der Waals surface area contributed by atoms with E-state index in [1.807, 2.05) is 44.2 Å². The minimum Gasteiger partial charge on any atom is -0.490 e. The molecule has 2 aromatic carbocycles. The smallest absolute Gasteiger partial charge is 0.225 e. The van der Waals surface area contributed by atoms with Gasteiger partial charge in [0.25, 0.3) is 0 Å². The molecule has 1 aliphatic heterocycles. The molecule has 7 nitrogen and oxygen atoms in total. The molecule has 0 radical (unpaired) electrons. The number of amides is 1. The molecule has 8 heteroatoms. The SMILES string of the molecule is CCOc1ccc(CNC(=O)C2CCCN(c3ccc(-c4ccc(F)cc4)nn3)C2)cc1OCC. The predicted octanol–water partition coefficient (Wildman–Crippen LogP) is 4.61. The van der Waals surface area contributed by atoms with Gasteiger partial charge in [-0.2, -0.15) is 0 Å². The van der Waals surface area contributed by atoms with Gasteiger partial charge in [-0.3, -0.25) is 4.79 Å². The molecule has 3 aromatic rings. The Morgan fingerprint density at radius 2 is 1.80 bits per heavy atom. The first-order valence-electron chi connectivity index (χ1n) is 12.1. The number of carbonyl (C=O) groups is 1. The average Bonchev–Trinajstić information content (AvgIpc) is 2.89. The van der Waals surface area contributed by atoms with Gasteiger partial charge in [0.2, 0.25) is 5.91 Å². The molecule has 184 valence electrons. The highest BCUT2D eigenvalue weighted by atomic mass is 19.1. The molecule has 1 aliphatic rings. The van der Waals surface area contributed by atoms with Crippen molar-refractivity contribution >= 4 is 11.7 Å². The molecule has 1 fully saturated rings. The summed E-state index contributed by atoms with van der Waals surface area (Å²) < 4.78 is 24.5. The lowest BCUT2D eigenvalue weighted by Crippen LogP contribution is -2.43. The maximum atomic E-state index is 13.2. The summed E-state index contributed by atoms with van der Waals surface area (Å²) >= 11 is 0. The first-order valence-corrected chi connectivity index (χ1v) is 12.1. The number of ether oxygens (including phenoxy) is 2. The van der Waals surface area contributed by atoms with Crippen molar-refractivity contribution in [2.45, 2.75) is 33.2 Å². The fraction of sp³-hybridized carbons (Fsp3) is 0.370. The highest BCUT2D eigenvalue weighted by Crippen LogP contribution is 2.29. The summed E-state index contributed by atoms with van der Waals surface area (Å²) in [6.45, 7) is 6.81. The van der Waals surface area contributed by atoms with Gasteiger partial charge in [0.05, 0.1) is 24.8 Å². The van der Waals surface area contributed by atoms with Crippen molar-refractivity contribution in [3.63, 3.8) is 0 Å². The Labute approximate surface area is 205 Å². The number of aromatic nitrogens is 2. The van der Waals surface area contributed by atoms with Crippen LogP contribution < -0.4 is 19.7 Å². The van der Waals surface area contributed by atoms with Crippen LogP contribution in [0.3, 0.4) is 0 Å². The summed E-state index contributed by atoms with van der Waals surface area (Å²) in [5, 5.41) is 11.7. The van der Waals surface area contributed by atoms with E-state index in [4.69, 9.17) is 9.47 Å². The lowest BCUT2D eigenvalue weighted by Gasteiger charge is -2.32. The third kappa shape index (κ3) is 6.26. The van der Waals surface area contributed by atoms with E-state index in [0.717, 1.165) is 36.3 Å². The van der Waals surface area contributed by atoms with E-state index in [-0.39, 0.29) is 17.6 Å². The maximum Gasteiger partial charge on any atom is 0.225 e. The van der Waals surface area contributed by atoms with E-state index in [1.165, 1.54) is 12.1 Å². The zero-order valence-corrected chi connectivity index (χ0v) is 20.2. The fourth-order valence-corrected chi connectivity index (χ4v) is 4.21. The number of halogens is 1. The van der Waals surface area contributed by atoms with Crippen LogP contribution in [-0.2, 0) is 11.3 Å². The molecule has 2 heterocycles. The van der Waals surface area contributed by atoms with Crippen LogP contribution in [0.2, 0.25) is 0 Å². The van der Waals surface area contributed by atoms with Crippen LogP contribution in [0.25, 0.3) is 11.3 Å². The molecule has 1 aromatic heterocycles. The molecule has 1 saturated heterocycles. The Morgan fingerprint density at radius 3 is 2.51 bits per heavy atom. The number of carbonyl (C=O) groups excluding carboxylic acids is 1. The van der Waals surface area contributed by atoms with Crippen LogP contribution in [0.4, 0.5) is 10.2 Å². The van der Waals surface area contributed by atoms with Crippen molar-refractivity contribution < 1.29 is 18.7 Å². The van der Waals surface area contributed by atoms with Crippen molar-refractivity contribution in [1.82, 2.24) is 15.5 Å². The van der Waals surface area contributed by atoms with Crippen LogP contribution in [0.5, 0.6) is 11.5 Å². The summed E-state index contributed by atoms with van der Waals surface area (Å²) in [5.41, 5.74) is 2.45. The Balaban J connectivity index is 1.35. The molecule has 1 N–H and O–H groups in total. The molecular formula is C27H31FN4O3. The molecule has 1 atom stereocenters. The number of benzene rings is 2. The number of hydrogen-bond donors (Lipinski definition) is 1. The van der Waals surface area contributed by atoms with E-state index in [2.05, 4.69) is 20.4 Å². The first-order chi connectivity index (χ1) is 17.1. The number of nitrogens with zero attached hydrogens (tertiary/aromatic N) is 3. The normalized spacial score (nSPS) is 15.5. The van der Waals surface area contributed by atoms with Crippen LogP contribution in [0.1, 0.15) is 32.3 Å². The number of hydrogen-bond acceptors (Lipinski definition) is 6. The van der Waals surface area contributed by atoms with Gasteiger partial charge in [-0.15, -0.1) is 10.2 Å². The lowest BCUT2D eigenvalue weighted by atomic mass is 9.97. The van der Waals surface area contributed by atoms with Crippen LogP contribution in [-0.4, -0.2) is 42.4 Å². The summed E-state index contributed by atoms with van der Waals surface area (Å²) in [7, 11) is 0. The van der Waals surface area contributed by atoms with E-state index >= 15 is 0 Å². The van der Waals surface area contributed by atoms with E-state index in [0.29, 0.717) is 43.5 Å². The highest BCUT2D eigenvalue weighted by Gasteiger charge is 2.26. The minimum absolute atomic E-state index is 0.0254. The van der Waals surface area contributed by atoms with Gasteiger partial charge in [0.1, 0.15) is 5.82 Å². The van der Waals surface area contributed by atoms with Gasteiger partial charge in [0.15, 0.2) is 17.3 Å². The summed E-state index contributed by atoms with van der Waals surface area (Å²) in [5.74, 6) is 1.75. The summed E-state index contributed by atoms with van der Waals surface area (Å²) in [6.07, 6.45) is 1.73. The largest absolute Gasteiger partial charge is 0.490 e. The number of anilines is 1. The molecule has 0 bridgehead atoms. The minimum atomic E-state index is -0.284. The second-order valence-corrected chi connectivity index (χ2v) is 8.43. The molecule has 1 unspecified atom stereocenters. The van der Waals surface area contributed by atoms with Gasteiger partial charge in [-0.25, -0.2) is 4.39 Å². The predicted molar refractivity (Wildman–Crippen MR) is 133 cm³/mol. The second kappa shape index (κ2) is 11.6. The zero-order chi connectivity index (χ0) is 24.6. The molecule has 35 heavy (non-hydrogen) atoms. The Kier molecular flexibility index (Phi) is 8.13. The van der Waals surface area contributed by atoms with Crippen molar-refractivity contribution in [1.29, 1.82) is 0 Å². The number of nitrogens with one attached hydrogen (secondary N) is 1. The fourth-order valence-electron chi connectivity index (χ4n) is 4.21. The average molecular weight is 479 g/mol. The number of rotatable bonds is 9. The summed E-state index contributed by atoms with van der Waals surface area (Å²) in [4.78, 5) is 15.0. The van der Waals surface area contributed by atoms with Crippen LogP contribution in [0.15, 0.2) is 54.6 Å². The number of piperidine rings is 1. The quantitative estimate of drug-likeness (QED) is 0.484. The molecule has 4 rings (SSSR count). The van der Waals surface area contributed by atoms with Crippen molar-refractivity contribution in [3.8, 4) is 22.8 Å². The second-order valence-electron chi connectivity index (χ2n) is 8.43. The van der Waals surface area contributed by atoms with Gasteiger partial charge in [-0.05, 0) is 80.8 Å². The summed E-state index contributed by atoms with van der Waals surface area (Å²) in [6, 6.07) is 15.7. The third-order valence-electron chi connectivity index (χ3n) is 5.98. The lowest BCUT2D eigenvalue weighted by molar-refractivity contribution is -0.125. The Morgan fingerprint density at radius 1 is 1.03 bits per heavy atom. The monoisotopic (exact) mass is 478 g/mol. The molecule has 1 amide bonds. The van der Waals surface area contributed by atoms with Crippen LogP contribution >= 0.6 is 0 Å². The Bertz CT molecular complexity index is 1120. The van der Waals surface area contributed by atoms with E-state index < -0.39 is 0 Å². The van der Waals surface area contributed by atoms with Crippen molar-refractivity contribution in [2.75, 3.05) is 31.2 Å². The molecular weight excluding hydrogens is 447 g/mol. The highest BCUT2D eigenvalue weighted by molar-refractivity contribution is 5.79. The van der Waals surface area contributed by atoms with E-state index in [1.54, 1.807) is 12.1 Å². The van der Waals surface area contributed by atoms with Gasteiger partial charge in [-0.1, -0.05) is 6.07 Å². The van der Waals surface area contributed by atoms with Crippen LogP contribution in [0, 0.1) is 11.7 Å². The van der Waals surface area contributed by atoms with Gasteiger partial charge in [0, 0.05) is 25.2 Å². The molecule has 0 spiro atoms. The van der Waals surface area contributed by atoms with Crippen molar-refractivity contribution in [2.24, 2.45) is 5.92 Å². The molecule has 0 saturated carbocycles. The van der Waals surface area contributed by atoms with Crippen molar-refractivity contribution in [3.05, 3.63) is 66.0 Å². The zero-order valence-electron chi connectivity index (χ0n) is 20.2. The maximum absolute atomic E-state index is 13.2. The van der Waals surface area contributed by atoms with Gasteiger partial charge < -0.3 is 19.7 Å². The Hall–Kier alpha value is -3.68. The topological polar surface area (TPSA) is 76.6 Å². The first kappa shape index (κ1) is 24.4. The standard InChI is InChI=1S/C27H31FN4O3/c1-3-34-24-13-7-19(16-25(24)35-4-2)17-29-27(33)21-6-5-15-32(18-21)26-14-12-23(30-31-26)20-8-10-22(28)11-9-20/h7-14,16,21H,3-6,15,17-18H2,1-2H3,(H,29,33). The van der Waals surface area contributed by atoms with E-state index in [9.17, 15) is 9.18 Å². The molecule has 0 aliphatic carbocycles.